The van der Waals surface area contributed by atoms with Gasteiger partial charge >= 0.3 is 0 Å². The molecule has 2 radical (unpaired) electrons. The first-order valence-corrected chi connectivity index (χ1v) is 2.69. The molecule has 1 aromatic carbocycles. The minimum Gasteiger partial charge on any atom is -0.285 e. The summed E-state index contributed by atoms with van der Waals surface area (Å²) >= 11 is 0. The number of hydrogen-bond donors (Lipinski definition) is 0. The molecule has 0 atom stereocenters. The van der Waals surface area contributed by atoms with Crippen molar-refractivity contribution < 1.29 is 4.79 Å². The number of aryl methyl sites for hydroxylation is 1. The first-order chi connectivity index (χ1) is 4.34. The van der Waals surface area contributed by atoms with E-state index in [2.05, 4.69) is 6.07 Å². The van der Waals surface area contributed by atoms with Gasteiger partial charge < -0.3 is 0 Å². The quantitative estimate of drug-likeness (QED) is 0.542. The second-order valence-electron chi connectivity index (χ2n) is 1.84. The third-order valence-corrected chi connectivity index (χ3v) is 1.18. The minimum absolute atomic E-state index is 0.619. The van der Waals surface area contributed by atoms with Crippen LogP contribution >= 0.6 is 0 Å². The van der Waals surface area contributed by atoms with E-state index in [9.17, 15) is 4.79 Å². The Bertz CT molecular complexity index is 216. The monoisotopic (exact) mass is 118 g/mol. The van der Waals surface area contributed by atoms with Crippen molar-refractivity contribution in [2.75, 3.05) is 0 Å². The van der Waals surface area contributed by atoms with Gasteiger partial charge in [0.15, 0.2) is 0 Å². The van der Waals surface area contributed by atoms with Crippen molar-refractivity contribution in [3.63, 3.8) is 0 Å². The van der Waals surface area contributed by atoms with Crippen molar-refractivity contribution in [1.82, 2.24) is 0 Å². The number of carbonyl (C=O) groups excluding carboxylic acids is 1. The van der Waals surface area contributed by atoms with Crippen LogP contribution in [0.15, 0.2) is 18.2 Å². The Morgan fingerprint density at radius 1 is 1.67 bits per heavy atom. The van der Waals surface area contributed by atoms with Gasteiger partial charge in [0.2, 0.25) is 6.29 Å². The first-order valence-electron chi connectivity index (χ1n) is 2.69. The Morgan fingerprint density at radius 2 is 2.44 bits per heavy atom. The second kappa shape index (κ2) is 2.44. The lowest BCUT2D eigenvalue weighted by molar-refractivity contribution is 0.562. The standard InChI is InChI=1S/C8H6O/c1-7-4-2-3-5-8(7)6-9/h3-5H,1H3. The Labute approximate surface area is 54.3 Å². The van der Waals surface area contributed by atoms with Crippen molar-refractivity contribution in [1.29, 1.82) is 0 Å². The van der Waals surface area contributed by atoms with Gasteiger partial charge in [-0.25, -0.2) is 0 Å². The summed E-state index contributed by atoms with van der Waals surface area (Å²) in [5.74, 6) is 0. The van der Waals surface area contributed by atoms with E-state index in [1.807, 2.05) is 13.2 Å². The Balaban J connectivity index is 3.15. The summed E-state index contributed by atoms with van der Waals surface area (Å²) in [4.78, 5) is 10.1. The molecule has 0 N–H and O–H groups in total. The van der Waals surface area contributed by atoms with Gasteiger partial charge in [-0.1, -0.05) is 18.2 Å². The van der Waals surface area contributed by atoms with Crippen LogP contribution in [-0.4, -0.2) is 6.29 Å². The molecule has 0 aliphatic rings. The van der Waals surface area contributed by atoms with E-state index in [-0.39, 0.29) is 0 Å². The molecule has 0 aliphatic heterocycles. The van der Waals surface area contributed by atoms with Crippen LogP contribution in [0.4, 0.5) is 0 Å². The average molecular weight is 118 g/mol. The highest BCUT2D eigenvalue weighted by Gasteiger charge is 1.91. The van der Waals surface area contributed by atoms with Gasteiger partial charge in [-0.3, -0.25) is 4.79 Å². The fraction of sp³-hybridized carbons (Fsp3) is 0.125. The molecule has 0 unspecified atom stereocenters. The zero-order valence-corrected chi connectivity index (χ0v) is 5.14. The zero-order chi connectivity index (χ0) is 6.69. The molecule has 1 nitrogen and oxygen atoms in total. The van der Waals surface area contributed by atoms with Crippen LogP contribution in [0.1, 0.15) is 11.1 Å². The highest BCUT2D eigenvalue weighted by molar-refractivity contribution is 5.77. The van der Waals surface area contributed by atoms with Gasteiger partial charge in [-0.15, -0.1) is 0 Å². The molecular weight excluding hydrogens is 112 g/mol. The second-order valence-corrected chi connectivity index (χ2v) is 1.84. The summed E-state index contributed by atoms with van der Waals surface area (Å²) in [6.45, 7) is 1.86. The third-order valence-electron chi connectivity index (χ3n) is 1.18. The van der Waals surface area contributed by atoms with Crippen LogP contribution in [0.3, 0.4) is 0 Å². The largest absolute Gasteiger partial charge is 0.285 e. The zero-order valence-electron chi connectivity index (χ0n) is 5.14. The summed E-state index contributed by atoms with van der Waals surface area (Å²) in [5.41, 5.74) is 1.54. The summed E-state index contributed by atoms with van der Waals surface area (Å²) in [6.07, 6.45) is 1.83. The van der Waals surface area contributed by atoms with E-state index in [1.54, 1.807) is 18.2 Å². The average Bonchev–Trinajstić information content (AvgIpc) is 1.89. The Kier molecular flexibility index (Phi) is 1.63. The van der Waals surface area contributed by atoms with Crippen LogP contribution < -0.4 is 0 Å². The van der Waals surface area contributed by atoms with Crippen LogP contribution in [0.5, 0.6) is 0 Å². The molecule has 0 fully saturated rings. The summed E-state index contributed by atoms with van der Waals surface area (Å²) in [6, 6.07) is 8.02. The highest BCUT2D eigenvalue weighted by Crippen LogP contribution is 2.01. The van der Waals surface area contributed by atoms with Gasteiger partial charge in [-0.2, -0.15) is 0 Å². The van der Waals surface area contributed by atoms with Crippen LogP contribution in [0, 0.1) is 13.0 Å². The van der Waals surface area contributed by atoms with Crippen LogP contribution in [-0.2, 0) is 4.79 Å². The molecular formula is C8H6O. The van der Waals surface area contributed by atoms with Crippen molar-refractivity contribution in [3.05, 3.63) is 35.4 Å². The third kappa shape index (κ3) is 1.17. The number of benzene rings is 1. The molecule has 0 spiro atoms. The summed E-state index contributed by atoms with van der Waals surface area (Å²) in [5, 5.41) is 0. The van der Waals surface area contributed by atoms with Crippen molar-refractivity contribution in [2.24, 2.45) is 0 Å². The minimum atomic E-state index is 0.619. The Hall–Kier alpha value is -1.11. The maximum atomic E-state index is 10.1. The SMILES string of the molecule is Cc1c[c]ccc1[C]=O. The Morgan fingerprint density at radius 3 is 2.89 bits per heavy atom. The molecule has 1 aromatic rings. The van der Waals surface area contributed by atoms with Gasteiger partial charge in [0.1, 0.15) is 0 Å². The van der Waals surface area contributed by atoms with Crippen molar-refractivity contribution in [2.45, 2.75) is 6.92 Å². The fourth-order valence-corrected chi connectivity index (χ4v) is 0.628. The van der Waals surface area contributed by atoms with Crippen molar-refractivity contribution in [3.8, 4) is 0 Å². The fourth-order valence-electron chi connectivity index (χ4n) is 0.628. The molecule has 1 rings (SSSR count). The molecule has 0 bridgehead atoms. The smallest absolute Gasteiger partial charge is 0.233 e. The van der Waals surface area contributed by atoms with Gasteiger partial charge in [0, 0.05) is 5.56 Å². The predicted molar refractivity (Wildman–Crippen MR) is 34.8 cm³/mol. The highest BCUT2D eigenvalue weighted by atomic mass is 16.1. The molecule has 0 saturated heterocycles. The summed E-state index contributed by atoms with van der Waals surface area (Å²) < 4.78 is 0. The van der Waals surface area contributed by atoms with E-state index >= 15 is 0 Å². The lowest BCUT2D eigenvalue weighted by Gasteiger charge is -1.91. The van der Waals surface area contributed by atoms with Crippen molar-refractivity contribution >= 4 is 6.29 Å². The number of rotatable bonds is 1. The molecule has 0 saturated carbocycles. The van der Waals surface area contributed by atoms with E-state index in [0.29, 0.717) is 5.56 Å². The number of hydrogen-bond acceptors (Lipinski definition) is 1. The molecule has 0 aliphatic carbocycles. The molecule has 0 heterocycles. The molecule has 9 heavy (non-hydrogen) atoms. The van der Waals surface area contributed by atoms with Crippen LogP contribution in [0.25, 0.3) is 0 Å². The van der Waals surface area contributed by atoms with Gasteiger partial charge in [0.05, 0.1) is 0 Å². The molecule has 1 heteroatoms. The van der Waals surface area contributed by atoms with E-state index in [0.717, 1.165) is 5.56 Å². The van der Waals surface area contributed by atoms with E-state index < -0.39 is 0 Å². The molecule has 0 amide bonds. The normalized spacial score (nSPS) is 9.00. The van der Waals surface area contributed by atoms with E-state index in [1.165, 1.54) is 0 Å². The molecule has 44 valence electrons. The maximum Gasteiger partial charge on any atom is 0.233 e. The van der Waals surface area contributed by atoms with Gasteiger partial charge in [0.25, 0.3) is 0 Å². The van der Waals surface area contributed by atoms with Crippen LogP contribution in [0.2, 0.25) is 0 Å². The predicted octanol–water partition coefficient (Wildman–Crippen LogP) is 1.25. The van der Waals surface area contributed by atoms with E-state index in [4.69, 9.17) is 0 Å². The maximum absolute atomic E-state index is 10.1. The summed E-state index contributed by atoms with van der Waals surface area (Å²) in [7, 11) is 0. The lowest BCUT2D eigenvalue weighted by Crippen LogP contribution is -1.83. The van der Waals surface area contributed by atoms with Gasteiger partial charge in [-0.05, 0) is 18.6 Å². The lowest BCUT2D eigenvalue weighted by atomic mass is 10.1. The topological polar surface area (TPSA) is 17.1 Å². The molecule has 0 aromatic heterocycles. The first kappa shape index (κ1) is 6.02.